The molecule has 2 aromatic rings. The maximum absolute atomic E-state index is 12.2. The zero-order chi connectivity index (χ0) is 17.2. The molecule has 0 bridgehead atoms. The molecule has 0 saturated carbocycles. The summed E-state index contributed by atoms with van der Waals surface area (Å²) in [6.07, 6.45) is 0.924. The van der Waals surface area contributed by atoms with Gasteiger partial charge in [-0.15, -0.1) is 0 Å². The van der Waals surface area contributed by atoms with Crippen molar-refractivity contribution in [3.8, 4) is 0 Å². The smallest absolute Gasteiger partial charge is 0.271 e. The van der Waals surface area contributed by atoms with Gasteiger partial charge in [0.2, 0.25) is 0 Å². The van der Waals surface area contributed by atoms with Gasteiger partial charge in [-0.2, -0.15) is 0 Å². The van der Waals surface area contributed by atoms with E-state index in [1.54, 1.807) is 18.2 Å². The van der Waals surface area contributed by atoms with Gasteiger partial charge in [0.25, 0.3) is 11.6 Å². The van der Waals surface area contributed by atoms with Crippen molar-refractivity contribution < 1.29 is 18.1 Å². The van der Waals surface area contributed by atoms with E-state index >= 15 is 0 Å². The highest BCUT2D eigenvalue weighted by Crippen LogP contribution is 2.22. The van der Waals surface area contributed by atoms with Crippen LogP contribution in [0, 0.1) is 13.7 Å². The summed E-state index contributed by atoms with van der Waals surface area (Å²) in [6, 6.07) is 10.0. The molecule has 1 amide bonds. The first kappa shape index (κ1) is 17.3. The second-order valence-electron chi connectivity index (χ2n) is 4.71. The first-order valence-electron chi connectivity index (χ1n) is 6.23. The number of benzene rings is 2. The molecule has 2 aromatic carbocycles. The first-order valence-corrected chi connectivity index (χ1v) is 9.20. The molecule has 0 spiro atoms. The molecule has 0 saturated heterocycles. The van der Waals surface area contributed by atoms with E-state index < -0.39 is 26.4 Å². The molecule has 120 valence electrons. The Kier molecular flexibility index (Phi) is 5.00. The van der Waals surface area contributed by atoms with Gasteiger partial charge in [0.05, 0.1) is 9.82 Å². The predicted octanol–water partition coefficient (Wildman–Crippen LogP) is 2.86. The highest BCUT2D eigenvalue weighted by Gasteiger charge is 2.19. The highest BCUT2D eigenvalue weighted by molar-refractivity contribution is 14.1. The van der Waals surface area contributed by atoms with Crippen molar-refractivity contribution in [2.75, 3.05) is 11.6 Å². The number of non-ortho nitro benzene ring substituents is 1. The fourth-order valence-corrected chi connectivity index (χ4v) is 3.02. The Morgan fingerprint density at radius 1 is 1.22 bits per heavy atom. The Bertz CT molecular complexity index is 896. The van der Waals surface area contributed by atoms with E-state index in [1.807, 2.05) is 6.07 Å². The average molecular weight is 446 g/mol. The van der Waals surface area contributed by atoms with Gasteiger partial charge in [0.1, 0.15) is 0 Å². The summed E-state index contributed by atoms with van der Waals surface area (Å²) in [5.74, 6) is -0.624. The molecule has 2 rings (SSSR count). The van der Waals surface area contributed by atoms with Crippen molar-refractivity contribution in [3.63, 3.8) is 0 Å². The number of hydrogen-bond donors (Lipinski definition) is 1. The summed E-state index contributed by atoms with van der Waals surface area (Å²) < 4.78 is 24.2. The second-order valence-corrected chi connectivity index (χ2v) is 7.97. The Hall–Kier alpha value is -2.01. The largest absolute Gasteiger partial charge is 0.322 e. The number of nitrogens with zero attached hydrogens (tertiary/aromatic N) is 1. The van der Waals surface area contributed by atoms with Crippen LogP contribution >= 0.6 is 22.6 Å². The van der Waals surface area contributed by atoms with Crippen molar-refractivity contribution in [1.29, 1.82) is 0 Å². The monoisotopic (exact) mass is 446 g/mol. The molecule has 7 nitrogen and oxygen atoms in total. The lowest BCUT2D eigenvalue weighted by molar-refractivity contribution is -0.385. The third-order valence-corrected chi connectivity index (χ3v) is 4.64. The SMILES string of the molecule is CS(=O)(=O)c1cc(C(=O)Nc2cccc(I)c2)cc([N+](=O)[O-])c1. The topological polar surface area (TPSA) is 106 Å². The standard InChI is InChI=1S/C14H11IN2O5S/c1-23(21,22)13-6-9(5-12(8-13)17(19)20)14(18)16-11-4-2-3-10(15)7-11/h2-8H,1H3,(H,16,18). The molecule has 0 aromatic heterocycles. The zero-order valence-corrected chi connectivity index (χ0v) is 14.8. The Balaban J connectivity index is 2.43. The molecule has 23 heavy (non-hydrogen) atoms. The van der Waals surface area contributed by atoms with Crippen LogP contribution in [0.15, 0.2) is 47.4 Å². The van der Waals surface area contributed by atoms with Gasteiger partial charge in [-0.3, -0.25) is 14.9 Å². The average Bonchev–Trinajstić information content (AvgIpc) is 2.45. The van der Waals surface area contributed by atoms with Crippen LogP contribution in [0.4, 0.5) is 11.4 Å². The number of amides is 1. The van der Waals surface area contributed by atoms with Crippen molar-refractivity contribution in [2.45, 2.75) is 4.90 Å². The summed E-state index contributed by atoms with van der Waals surface area (Å²) in [4.78, 5) is 22.2. The molecule has 0 aliphatic rings. The highest BCUT2D eigenvalue weighted by atomic mass is 127. The van der Waals surface area contributed by atoms with Crippen molar-refractivity contribution in [3.05, 3.63) is 61.7 Å². The van der Waals surface area contributed by atoms with Gasteiger partial charge < -0.3 is 5.32 Å². The van der Waals surface area contributed by atoms with Gasteiger partial charge >= 0.3 is 0 Å². The van der Waals surface area contributed by atoms with E-state index in [2.05, 4.69) is 27.9 Å². The quantitative estimate of drug-likeness (QED) is 0.442. The lowest BCUT2D eigenvalue weighted by atomic mass is 10.2. The third kappa shape index (κ3) is 4.48. The number of anilines is 1. The molecule has 1 N–H and O–H groups in total. The normalized spacial score (nSPS) is 11.0. The van der Waals surface area contributed by atoms with Crippen LogP contribution in [0.2, 0.25) is 0 Å². The maximum Gasteiger partial charge on any atom is 0.271 e. The molecule has 0 atom stereocenters. The minimum atomic E-state index is -3.68. The number of carbonyl (C=O) groups is 1. The molecule has 0 radical (unpaired) electrons. The number of nitro groups is 1. The van der Waals surface area contributed by atoms with E-state index in [0.717, 1.165) is 28.0 Å². The summed E-state index contributed by atoms with van der Waals surface area (Å²) in [5, 5.41) is 13.5. The number of rotatable bonds is 4. The van der Waals surface area contributed by atoms with Crippen LogP contribution < -0.4 is 5.32 Å². The van der Waals surface area contributed by atoms with E-state index in [-0.39, 0.29) is 10.5 Å². The second kappa shape index (κ2) is 6.62. The van der Waals surface area contributed by atoms with Crippen LogP contribution in [0.3, 0.4) is 0 Å². The fraction of sp³-hybridized carbons (Fsp3) is 0.0714. The molecular weight excluding hydrogens is 435 g/mol. The van der Waals surface area contributed by atoms with Gasteiger partial charge in [-0.25, -0.2) is 8.42 Å². The number of nitro benzene ring substituents is 1. The summed E-state index contributed by atoms with van der Waals surface area (Å²) >= 11 is 2.08. The maximum atomic E-state index is 12.2. The van der Waals surface area contributed by atoms with Crippen molar-refractivity contribution in [2.24, 2.45) is 0 Å². The van der Waals surface area contributed by atoms with Crippen LogP contribution in [0.25, 0.3) is 0 Å². The van der Waals surface area contributed by atoms with Crippen LogP contribution in [0.1, 0.15) is 10.4 Å². The predicted molar refractivity (Wildman–Crippen MR) is 93.3 cm³/mol. The van der Waals surface area contributed by atoms with Crippen LogP contribution in [-0.2, 0) is 9.84 Å². The molecule has 0 unspecified atom stereocenters. The molecule has 0 aliphatic heterocycles. The molecule has 0 fully saturated rings. The third-order valence-electron chi connectivity index (χ3n) is 2.87. The zero-order valence-electron chi connectivity index (χ0n) is 11.8. The van der Waals surface area contributed by atoms with Gasteiger partial charge in [-0.05, 0) is 46.9 Å². The van der Waals surface area contributed by atoms with E-state index in [9.17, 15) is 23.3 Å². The number of sulfone groups is 1. The van der Waals surface area contributed by atoms with E-state index in [1.165, 1.54) is 0 Å². The van der Waals surface area contributed by atoms with Crippen LogP contribution in [-0.4, -0.2) is 25.5 Å². The van der Waals surface area contributed by atoms with Gasteiger partial charge in [0.15, 0.2) is 9.84 Å². The molecule has 0 heterocycles. The van der Waals surface area contributed by atoms with Gasteiger partial charge in [-0.1, -0.05) is 6.07 Å². The molecular formula is C14H11IN2O5S. The minimum absolute atomic E-state index is 0.0986. The fourth-order valence-electron chi connectivity index (χ4n) is 1.80. The summed E-state index contributed by atoms with van der Waals surface area (Å²) in [6.45, 7) is 0. The summed E-state index contributed by atoms with van der Waals surface area (Å²) in [5.41, 5.74) is -0.0477. The number of nitrogens with one attached hydrogen (secondary N) is 1. The Morgan fingerprint density at radius 3 is 2.48 bits per heavy atom. The van der Waals surface area contributed by atoms with Crippen molar-refractivity contribution in [1.82, 2.24) is 0 Å². The number of carbonyl (C=O) groups excluding carboxylic acids is 1. The number of halogens is 1. The summed E-state index contributed by atoms with van der Waals surface area (Å²) in [7, 11) is -3.68. The van der Waals surface area contributed by atoms with E-state index in [4.69, 9.17) is 0 Å². The van der Waals surface area contributed by atoms with Gasteiger partial charge in [0, 0.05) is 33.2 Å². The first-order chi connectivity index (χ1) is 10.7. The van der Waals surface area contributed by atoms with Crippen molar-refractivity contribution >= 4 is 49.7 Å². The minimum Gasteiger partial charge on any atom is -0.322 e. The molecule has 0 aliphatic carbocycles. The lowest BCUT2D eigenvalue weighted by Crippen LogP contribution is -2.13. The number of hydrogen-bond acceptors (Lipinski definition) is 5. The van der Waals surface area contributed by atoms with E-state index in [0.29, 0.717) is 5.69 Å². The molecule has 9 heteroatoms. The lowest BCUT2D eigenvalue weighted by Gasteiger charge is -2.07. The Morgan fingerprint density at radius 2 is 1.91 bits per heavy atom. The Labute approximate surface area is 145 Å². The van der Waals surface area contributed by atoms with Crippen LogP contribution in [0.5, 0.6) is 0 Å².